The Hall–Kier alpha value is -0.800. The zero-order valence-electron chi connectivity index (χ0n) is 10.4. The van der Waals surface area contributed by atoms with Crippen molar-refractivity contribution in [1.82, 2.24) is 0 Å². The zero-order valence-corrected chi connectivity index (χ0v) is 12.7. The lowest BCUT2D eigenvalue weighted by molar-refractivity contribution is 0.175. The molecule has 0 fully saturated rings. The van der Waals surface area contributed by atoms with E-state index in [1.165, 1.54) is 12.1 Å². The van der Waals surface area contributed by atoms with Crippen LogP contribution < -0.4 is 0 Å². The smallest absolute Gasteiger partial charge is 0.124 e. The van der Waals surface area contributed by atoms with Gasteiger partial charge in [0.05, 0.1) is 16.1 Å². The van der Waals surface area contributed by atoms with Crippen LogP contribution in [0.5, 0.6) is 0 Å². The minimum Gasteiger partial charge on any atom is -0.392 e. The van der Waals surface area contributed by atoms with Crippen molar-refractivity contribution in [1.29, 1.82) is 0 Å². The molecule has 0 aliphatic rings. The predicted octanol–water partition coefficient (Wildman–Crippen LogP) is 4.93. The molecule has 0 bridgehead atoms. The highest BCUT2D eigenvalue weighted by atomic mass is 35.5. The molecule has 0 saturated carbocycles. The SMILES string of the molecule is OC(Cc1ccc(F)cc1Cl)Cc1cccc(Cl)c1Cl. The summed E-state index contributed by atoms with van der Waals surface area (Å²) in [4.78, 5) is 0. The topological polar surface area (TPSA) is 20.2 Å². The van der Waals surface area contributed by atoms with Crippen molar-refractivity contribution < 1.29 is 9.50 Å². The first-order valence-corrected chi connectivity index (χ1v) is 7.15. The maximum absolute atomic E-state index is 13.0. The molecule has 0 heterocycles. The summed E-state index contributed by atoms with van der Waals surface area (Å²) < 4.78 is 13.0. The number of aliphatic hydroxyl groups is 1. The van der Waals surface area contributed by atoms with E-state index in [2.05, 4.69) is 0 Å². The molecular formula is C15H12Cl3FO. The number of halogens is 4. The minimum atomic E-state index is -0.672. The molecule has 2 aromatic carbocycles. The van der Waals surface area contributed by atoms with Crippen LogP contribution in [0.3, 0.4) is 0 Å². The fourth-order valence-electron chi connectivity index (χ4n) is 1.97. The van der Waals surface area contributed by atoms with E-state index in [0.29, 0.717) is 33.5 Å². The van der Waals surface area contributed by atoms with E-state index in [4.69, 9.17) is 34.8 Å². The van der Waals surface area contributed by atoms with Crippen LogP contribution in [-0.4, -0.2) is 11.2 Å². The Bertz CT molecular complexity index is 616. The van der Waals surface area contributed by atoms with Gasteiger partial charge in [0.25, 0.3) is 0 Å². The first kappa shape index (κ1) is 15.6. The van der Waals surface area contributed by atoms with Gasteiger partial charge in [0.1, 0.15) is 5.82 Å². The first-order chi connectivity index (χ1) is 9.47. The molecule has 1 N–H and O–H groups in total. The third-order valence-electron chi connectivity index (χ3n) is 2.96. The lowest BCUT2D eigenvalue weighted by Crippen LogP contribution is -2.14. The highest BCUT2D eigenvalue weighted by molar-refractivity contribution is 6.42. The van der Waals surface area contributed by atoms with Crippen molar-refractivity contribution in [3.63, 3.8) is 0 Å². The van der Waals surface area contributed by atoms with E-state index in [-0.39, 0.29) is 0 Å². The standard InChI is InChI=1S/C15H12Cl3FO/c16-13-3-1-2-10(15(13)18)7-12(20)6-9-4-5-11(19)8-14(9)17/h1-5,8,12,20H,6-7H2. The van der Waals surface area contributed by atoms with Crippen LogP contribution >= 0.6 is 34.8 Å². The molecule has 1 atom stereocenters. The molecular weight excluding hydrogens is 322 g/mol. The molecule has 0 aliphatic heterocycles. The Morgan fingerprint density at radius 3 is 2.35 bits per heavy atom. The summed E-state index contributed by atoms with van der Waals surface area (Å²) in [6.07, 6.45) is 0.00336. The molecule has 2 rings (SSSR count). The molecule has 1 unspecified atom stereocenters. The van der Waals surface area contributed by atoms with Crippen LogP contribution in [0.15, 0.2) is 36.4 Å². The zero-order chi connectivity index (χ0) is 14.7. The van der Waals surface area contributed by atoms with Crippen molar-refractivity contribution in [2.24, 2.45) is 0 Å². The highest BCUT2D eigenvalue weighted by Crippen LogP contribution is 2.27. The van der Waals surface area contributed by atoms with Crippen LogP contribution in [0.25, 0.3) is 0 Å². The summed E-state index contributed by atoms with van der Waals surface area (Å²) in [5.74, 6) is -0.397. The predicted molar refractivity (Wildman–Crippen MR) is 81.3 cm³/mol. The lowest BCUT2D eigenvalue weighted by atomic mass is 10.0. The van der Waals surface area contributed by atoms with Gasteiger partial charge in [-0.05, 0) is 29.3 Å². The van der Waals surface area contributed by atoms with Crippen molar-refractivity contribution in [3.8, 4) is 0 Å². The Morgan fingerprint density at radius 1 is 0.950 bits per heavy atom. The van der Waals surface area contributed by atoms with Gasteiger partial charge in [-0.3, -0.25) is 0 Å². The van der Waals surface area contributed by atoms with Gasteiger partial charge in [0.2, 0.25) is 0 Å². The maximum atomic E-state index is 13.0. The average molecular weight is 334 g/mol. The Balaban J connectivity index is 2.09. The van der Waals surface area contributed by atoms with E-state index in [9.17, 15) is 9.50 Å². The van der Waals surface area contributed by atoms with Gasteiger partial charge in [-0.25, -0.2) is 4.39 Å². The molecule has 2 aromatic rings. The molecule has 20 heavy (non-hydrogen) atoms. The highest BCUT2D eigenvalue weighted by Gasteiger charge is 2.13. The van der Waals surface area contributed by atoms with E-state index in [1.807, 2.05) is 6.07 Å². The van der Waals surface area contributed by atoms with E-state index < -0.39 is 11.9 Å². The summed E-state index contributed by atoms with van der Waals surface area (Å²) in [7, 11) is 0. The summed E-state index contributed by atoms with van der Waals surface area (Å²) in [6, 6.07) is 9.40. The Labute approximate surface area is 131 Å². The van der Waals surface area contributed by atoms with Gasteiger partial charge in [-0.1, -0.05) is 53.0 Å². The largest absolute Gasteiger partial charge is 0.392 e. The molecule has 0 radical (unpaired) electrons. The molecule has 0 aliphatic carbocycles. The monoisotopic (exact) mass is 332 g/mol. The fraction of sp³-hybridized carbons (Fsp3) is 0.200. The van der Waals surface area contributed by atoms with E-state index >= 15 is 0 Å². The quantitative estimate of drug-likeness (QED) is 0.841. The van der Waals surface area contributed by atoms with Crippen molar-refractivity contribution in [2.75, 3.05) is 0 Å². The third kappa shape index (κ3) is 3.86. The molecule has 106 valence electrons. The molecule has 0 amide bonds. The number of benzene rings is 2. The summed E-state index contributed by atoms with van der Waals surface area (Å²) in [5.41, 5.74) is 1.46. The van der Waals surface area contributed by atoms with E-state index in [0.717, 1.165) is 5.56 Å². The van der Waals surface area contributed by atoms with Gasteiger partial charge < -0.3 is 5.11 Å². The van der Waals surface area contributed by atoms with Gasteiger partial charge in [0, 0.05) is 17.9 Å². The normalized spacial score (nSPS) is 12.4. The maximum Gasteiger partial charge on any atom is 0.124 e. The van der Waals surface area contributed by atoms with Gasteiger partial charge in [0.15, 0.2) is 0 Å². The second kappa shape index (κ2) is 6.77. The summed E-state index contributed by atoms with van der Waals surface area (Å²) in [5, 5.41) is 11.3. The number of hydrogen-bond donors (Lipinski definition) is 1. The van der Waals surface area contributed by atoms with Crippen molar-refractivity contribution in [3.05, 3.63) is 68.4 Å². The van der Waals surface area contributed by atoms with Crippen LogP contribution in [0.1, 0.15) is 11.1 Å². The lowest BCUT2D eigenvalue weighted by Gasteiger charge is -2.13. The average Bonchev–Trinajstić information content (AvgIpc) is 2.38. The van der Waals surface area contributed by atoms with Crippen LogP contribution in [0, 0.1) is 5.82 Å². The molecule has 0 saturated heterocycles. The Morgan fingerprint density at radius 2 is 1.65 bits per heavy atom. The van der Waals surface area contributed by atoms with Crippen LogP contribution in [0.4, 0.5) is 4.39 Å². The molecule has 0 spiro atoms. The Kier molecular flexibility index (Phi) is 5.28. The van der Waals surface area contributed by atoms with Gasteiger partial charge >= 0.3 is 0 Å². The van der Waals surface area contributed by atoms with Gasteiger partial charge in [-0.2, -0.15) is 0 Å². The van der Waals surface area contributed by atoms with Crippen molar-refractivity contribution in [2.45, 2.75) is 18.9 Å². The number of rotatable bonds is 4. The summed E-state index contributed by atoms with van der Waals surface area (Å²) >= 11 is 17.9. The minimum absolute atomic E-state index is 0.307. The molecule has 0 aromatic heterocycles. The first-order valence-electron chi connectivity index (χ1n) is 6.02. The second-order valence-corrected chi connectivity index (χ2v) is 5.70. The van der Waals surface area contributed by atoms with E-state index in [1.54, 1.807) is 18.2 Å². The molecule has 5 heteroatoms. The van der Waals surface area contributed by atoms with Crippen LogP contribution in [-0.2, 0) is 12.8 Å². The molecule has 1 nitrogen and oxygen atoms in total. The van der Waals surface area contributed by atoms with Gasteiger partial charge in [-0.15, -0.1) is 0 Å². The van der Waals surface area contributed by atoms with Crippen molar-refractivity contribution >= 4 is 34.8 Å². The number of aliphatic hydroxyl groups excluding tert-OH is 1. The fourth-order valence-corrected chi connectivity index (χ4v) is 2.61. The third-order valence-corrected chi connectivity index (χ3v) is 4.17. The summed E-state index contributed by atoms with van der Waals surface area (Å²) in [6.45, 7) is 0. The van der Waals surface area contributed by atoms with Crippen LogP contribution in [0.2, 0.25) is 15.1 Å². The number of hydrogen-bond acceptors (Lipinski definition) is 1. The second-order valence-electron chi connectivity index (χ2n) is 4.51.